The third-order valence-corrected chi connectivity index (χ3v) is 12.8. The number of rotatable bonds is 10. The zero-order valence-corrected chi connectivity index (χ0v) is 30.2. The highest BCUT2D eigenvalue weighted by Gasteiger charge is 2.64. The Morgan fingerprint density at radius 2 is 1.38 bits per heavy atom. The van der Waals surface area contributed by atoms with Gasteiger partial charge in [0, 0.05) is 46.0 Å². The van der Waals surface area contributed by atoms with E-state index in [4.69, 9.17) is 23.7 Å². The molecule has 4 rings (SSSR count). The number of carbonyl (C=O) groups excluding carboxylic acids is 5. The first-order chi connectivity index (χ1) is 21.9. The third-order valence-electron chi connectivity index (χ3n) is 12.8. The molecule has 0 unspecified atom stereocenters. The lowest BCUT2D eigenvalue weighted by Gasteiger charge is -2.56. The monoisotopic (exact) mass is 662 g/mol. The molecule has 10 heteroatoms. The van der Waals surface area contributed by atoms with E-state index in [0.717, 1.165) is 32.1 Å². The summed E-state index contributed by atoms with van der Waals surface area (Å²) < 4.78 is 29.5. The number of ether oxygens (including phenoxy) is 5. The van der Waals surface area contributed by atoms with Crippen LogP contribution in [0.2, 0.25) is 0 Å². The minimum atomic E-state index is -0.703. The van der Waals surface area contributed by atoms with Crippen molar-refractivity contribution in [1.82, 2.24) is 0 Å². The van der Waals surface area contributed by atoms with E-state index in [9.17, 15) is 24.0 Å². The van der Waals surface area contributed by atoms with Crippen LogP contribution < -0.4 is 0 Å². The number of esters is 5. The molecule has 0 bridgehead atoms. The molecule has 1 saturated heterocycles. The van der Waals surface area contributed by atoms with Gasteiger partial charge in [-0.1, -0.05) is 41.5 Å². The Hall–Kier alpha value is -2.65. The Balaban J connectivity index is 1.66. The van der Waals surface area contributed by atoms with Crippen molar-refractivity contribution in [3.63, 3.8) is 0 Å². The molecule has 3 aliphatic carbocycles. The molecular formula is C37H58O10. The number of fused-ring (bicyclic) bond motifs is 5. The maximum atomic E-state index is 13.6. The van der Waals surface area contributed by atoms with Crippen LogP contribution in [0.3, 0.4) is 0 Å². The Kier molecular flexibility index (Phi) is 11.4. The average molecular weight is 663 g/mol. The molecule has 266 valence electrons. The largest absolute Gasteiger partial charge is 0.465 e. The van der Waals surface area contributed by atoms with E-state index in [1.54, 1.807) is 0 Å². The van der Waals surface area contributed by atoms with Gasteiger partial charge in [0.2, 0.25) is 0 Å². The van der Waals surface area contributed by atoms with Gasteiger partial charge in [-0.2, -0.15) is 0 Å². The van der Waals surface area contributed by atoms with Crippen LogP contribution in [0.1, 0.15) is 114 Å². The molecule has 1 heterocycles. The summed E-state index contributed by atoms with van der Waals surface area (Å²) in [5.41, 5.74) is -0.626. The third kappa shape index (κ3) is 7.36. The Morgan fingerprint density at radius 3 is 1.94 bits per heavy atom. The summed E-state index contributed by atoms with van der Waals surface area (Å²) in [5.74, 6) is -1.58. The first-order valence-corrected chi connectivity index (χ1v) is 17.8. The van der Waals surface area contributed by atoms with Gasteiger partial charge in [0.25, 0.3) is 0 Å². The number of cyclic esters (lactones) is 1. The zero-order chi connectivity index (χ0) is 35.0. The van der Waals surface area contributed by atoms with E-state index in [-0.39, 0.29) is 71.2 Å². The average Bonchev–Trinajstić information content (AvgIpc) is 3.26. The molecule has 0 aromatic carbocycles. The molecule has 47 heavy (non-hydrogen) atoms. The van der Waals surface area contributed by atoms with E-state index < -0.39 is 47.7 Å². The van der Waals surface area contributed by atoms with E-state index in [1.165, 1.54) is 27.7 Å². The fraction of sp³-hybridized carbons (Fsp3) is 0.865. The molecule has 0 radical (unpaired) electrons. The van der Waals surface area contributed by atoms with Gasteiger partial charge >= 0.3 is 29.8 Å². The van der Waals surface area contributed by atoms with Gasteiger partial charge in [-0.05, 0) is 78.9 Å². The van der Waals surface area contributed by atoms with Gasteiger partial charge in [0.05, 0.1) is 12.5 Å². The molecule has 0 amide bonds. The van der Waals surface area contributed by atoms with Crippen LogP contribution in [0.15, 0.2) is 0 Å². The van der Waals surface area contributed by atoms with Crippen LogP contribution in [-0.4, -0.2) is 60.9 Å². The maximum Gasteiger partial charge on any atom is 0.309 e. The summed E-state index contributed by atoms with van der Waals surface area (Å²) >= 11 is 0. The summed E-state index contributed by atoms with van der Waals surface area (Å²) in [5, 5.41) is 0. The van der Waals surface area contributed by atoms with Crippen molar-refractivity contribution in [2.45, 2.75) is 139 Å². The van der Waals surface area contributed by atoms with Gasteiger partial charge in [-0.25, -0.2) is 0 Å². The molecule has 10 nitrogen and oxygen atoms in total. The normalized spacial score (nSPS) is 37.4. The molecular weight excluding hydrogens is 604 g/mol. The minimum absolute atomic E-state index is 0.0249. The number of hydrogen-bond donors (Lipinski definition) is 0. The van der Waals surface area contributed by atoms with E-state index in [2.05, 4.69) is 41.5 Å². The second-order valence-corrected chi connectivity index (χ2v) is 15.9. The SMILES string of the molecule is CC[C@@H](C(C)C)[C@@H](OC(C)=O)[C@H](OC(C)=O)[C@@H](C)[C@H]1CC[C@H]2[C@@H]3COC(=O)[C@H]4C[C@H](OC(C)=O)[C@H](OC(C)=O)C[C@]4(C)[C@H]3CC[C@]12C. The predicted octanol–water partition coefficient (Wildman–Crippen LogP) is 6.06. The maximum absolute atomic E-state index is 13.6. The van der Waals surface area contributed by atoms with Crippen LogP contribution in [0.25, 0.3) is 0 Å². The highest BCUT2D eigenvalue weighted by atomic mass is 16.6. The second kappa shape index (κ2) is 14.5. The van der Waals surface area contributed by atoms with Crippen LogP contribution in [-0.2, 0) is 47.7 Å². The number of hydrogen-bond acceptors (Lipinski definition) is 10. The summed E-state index contributed by atoms with van der Waals surface area (Å²) in [7, 11) is 0. The zero-order valence-electron chi connectivity index (χ0n) is 30.2. The second-order valence-electron chi connectivity index (χ2n) is 15.9. The summed E-state index contributed by atoms with van der Waals surface area (Å²) in [4.78, 5) is 62.7. The highest BCUT2D eigenvalue weighted by Crippen LogP contribution is 2.66. The first-order valence-electron chi connectivity index (χ1n) is 17.8. The van der Waals surface area contributed by atoms with Gasteiger partial charge in [-0.15, -0.1) is 0 Å². The van der Waals surface area contributed by atoms with E-state index in [1.807, 2.05) is 0 Å². The number of carbonyl (C=O) groups is 5. The van der Waals surface area contributed by atoms with E-state index >= 15 is 0 Å². The first kappa shape index (κ1) is 37.2. The van der Waals surface area contributed by atoms with Crippen molar-refractivity contribution in [3.8, 4) is 0 Å². The summed E-state index contributed by atoms with van der Waals surface area (Å²) in [6, 6.07) is 0. The van der Waals surface area contributed by atoms with Crippen LogP contribution in [0.4, 0.5) is 0 Å². The quantitative estimate of drug-likeness (QED) is 0.201. The molecule has 0 spiro atoms. The van der Waals surface area contributed by atoms with Crippen LogP contribution in [0, 0.1) is 58.2 Å². The fourth-order valence-corrected chi connectivity index (χ4v) is 10.9. The van der Waals surface area contributed by atoms with Crippen molar-refractivity contribution < 1.29 is 47.7 Å². The van der Waals surface area contributed by atoms with Gasteiger partial charge in [-0.3, -0.25) is 24.0 Å². The Labute approximate surface area is 280 Å². The summed E-state index contributed by atoms with van der Waals surface area (Å²) in [6.45, 7) is 18.8. The predicted molar refractivity (Wildman–Crippen MR) is 172 cm³/mol. The van der Waals surface area contributed by atoms with Gasteiger partial charge in [0.1, 0.15) is 24.4 Å². The van der Waals surface area contributed by atoms with Crippen LogP contribution in [0.5, 0.6) is 0 Å². The molecule has 1 aliphatic heterocycles. The molecule has 0 aromatic heterocycles. The topological polar surface area (TPSA) is 132 Å². The molecule has 13 atom stereocenters. The van der Waals surface area contributed by atoms with Gasteiger partial charge in [0.15, 0.2) is 0 Å². The van der Waals surface area contributed by atoms with Crippen LogP contribution >= 0.6 is 0 Å². The Bertz CT molecular complexity index is 1200. The lowest BCUT2D eigenvalue weighted by molar-refractivity contribution is -0.189. The van der Waals surface area contributed by atoms with Crippen molar-refractivity contribution in [2.24, 2.45) is 58.2 Å². The lowest BCUT2D eigenvalue weighted by Crippen LogP contribution is -2.56. The van der Waals surface area contributed by atoms with Crippen molar-refractivity contribution in [1.29, 1.82) is 0 Å². The molecule has 3 saturated carbocycles. The smallest absolute Gasteiger partial charge is 0.309 e. The fourth-order valence-electron chi connectivity index (χ4n) is 10.9. The molecule has 0 aromatic rings. The molecule has 0 N–H and O–H groups in total. The lowest BCUT2D eigenvalue weighted by atomic mass is 9.48. The van der Waals surface area contributed by atoms with Gasteiger partial charge < -0.3 is 23.7 Å². The van der Waals surface area contributed by atoms with Crippen molar-refractivity contribution in [3.05, 3.63) is 0 Å². The Morgan fingerprint density at radius 1 is 0.809 bits per heavy atom. The standard InChI is InChI=1S/C37H58O10/c1-11-25(19(2)3)34(47-24(8)41)33(46-23(7)40)20(4)27-12-13-28-26-18-43-35(42)30-16-31(44-21(5)38)32(45-22(6)39)17-37(30,10)29(26)14-15-36(27,28)9/h19-20,25-34H,11-18H2,1-10H3/t20-,25-,26-,27+,28-,29-,30+,31-,32+,33+,34+,36+,37+/m0/s1. The summed E-state index contributed by atoms with van der Waals surface area (Å²) in [6.07, 6.45) is 2.63. The van der Waals surface area contributed by atoms with E-state index in [0.29, 0.717) is 13.0 Å². The van der Waals surface area contributed by atoms with Crippen molar-refractivity contribution in [2.75, 3.05) is 6.61 Å². The minimum Gasteiger partial charge on any atom is -0.465 e. The highest BCUT2D eigenvalue weighted by molar-refractivity contribution is 5.75. The van der Waals surface area contributed by atoms with Crippen molar-refractivity contribution >= 4 is 29.8 Å². The molecule has 4 aliphatic rings. The molecule has 4 fully saturated rings.